The molecule has 3 aromatic rings. The summed E-state index contributed by atoms with van der Waals surface area (Å²) in [7, 11) is -3.75. The first-order valence-corrected chi connectivity index (χ1v) is 13.0. The van der Waals surface area contributed by atoms with E-state index in [1.807, 2.05) is 35.7 Å². The molecule has 192 valence electrons. The number of aromatic nitrogens is 2. The van der Waals surface area contributed by atoms with Crippen molar-refractivity contribution in [1.82, 2.24) is 19.2 Å². The number of carbonyl (C=O) groups is 1. The Labute approximate surface area is 208 Å². The lowest BCUT2D eigenvalue weighted by atomic mass is 10.1. The predicted molar refractivity (Wildman–Crippen MR) is 123 cm³/mol. The van der Waals surface area contributed by atoms with E-state index in [9.17, 15) is 21.6 Å². The Hall–Kier alpha value is -3.07. The lowest BCUT2D eigenvalue weighted by Crippen LogP contribution is -2.46. The molecule has 0 aliphatic carbocycles. The normalized spacial score (nSPS) is 21.3. The van der Waals surface area contributed by atoms with Crippen molar-refractivity contribution in [3.63, 3.8) is 0 Å². The molecule has 0 bridgehead atoms. The first-order valence-electron chi connectivity index (χ1n) is 10.6. The molecule has 2 aromatic heterocycles. The summed E-state index contributed by atoms with van der Waals surface area (Å²) >= 11 is 1.60. The Kier molecular flexibility index (Phi) is 7.59. The number of halogens is 3. The average molecular weight is 543 g/mol. The van der Waals surface area contributed by atoms with Crippen LogP contribution in [-0.2, 0) is 27.9 Å². The summed E-state index contributed by atoms with van der Waals surface area (Å²) < 4.78 is 66.6. The molecule has 1 saturated heterocycles. The molecule has 1 aromatic carbocycles. The van der Waals surface area contributed by atoms with E-state index in [1.54, 1.807) is 40.2 Å². The number of thiazole rings is 1. The summed E-state index contributed by atoms with van der Waals surface area (Å²) in [4.78, 5) is 19.8. The summed E-state index contributed by atoms with van der Waals surface area (Å²) in [6, 6.07) is 12.6. The standard InChI is InChI=1S/C20H20N4O3S2.C2HF3O2/c25-29(26)18-7-4-8-22-20(18)27-17-13-23(14-19-21-9-10-28-19)12-16(17)24(29)11-15-5-2-1-3-6-15;3-2(4,5)1(6)7/h1-10,16-17H,11-14H2;(H,6,7). The number of nitrogens with zero attached hydrogens (tertiary/aromatic N) is 4. The molecule has 2 aliphatic rings. The highest BCUT2D eigenvalue weighted by molar-refractivity contribution is 7.89. The van der Waals surface area contributed by atoms with Crippen LogP contribution in [0.25, 0.3) is 0 Å². The molecule has 2 atom stereocenters. The van der Waals surface area contributed by atoms with Crippen molar-refractivity contribution in [2.24, 2.45) is 0 Å². The average Bonchev–Trinajstić information content (AvgIpc) is 3.46. The number of carboxylic acids is 1. The minimum absolute atomic E-state index is 0.136. The highest BCUT2D eigenvalue weighted by Crippen LogP contribution is 2.36. The van der Waals surface area contributed by atoms with Crippen LogP contribution in [0.1, 0.15) is 10.6 Å². The number of fused-ring (bicyclic) bond motifs is 2. The first-order chi connectivity index (χ1) is 17.1. The van der Waals surface area contributed by atoms with Gasteiger partial charge in [0.05, 0.1) is 12.6 Å². The van der Waals surface area contributed by atoms with Crippen molar-refractivity contribution in [1.29, 1.82) is 0 Å². The number of aliphatic carboxylic acids is 1. The highest BCUT2D eigenvalue weighted by Gasteiger charge is 2.47. The number of alkyl halides is 3. The first kappa shape index (κ1) is 26.0. The third-order valence-corrected chi connectivity index (χ3v) is 8.18. The maximum atomic E-state index is 13.6. The summed E-state index contributed by atoms with van der Waals surface area (Å²) in [5.41, 5.74) is 0.945. The number of rotatable bonds is 4. The third-order valence-electron chi connectivity index (χ3n) is 5.53. The molecule has 36 heavy (non-hydrogen) atoms. The molecule has 4 heterocycles. The van der Waals surface area contributed by atoms with Crippen molar-refractivity contribution in [2.75, 3.05) is 13.1 Å². The second-order valence-electron chi connectivity index (χ2n) is 7.99. The smallest absolute Gasteiger partial charge is 0.475 e. The van der Waals surface area contributed by atoms with Crippen molar-refractivity contribution >= 4 is 27.3 Å². The van der Waals surface area contributed by atoms with Crippen LogP contribution in [0.5, 0.6) is 5.88 Å². The predicted octanol–water partition coefficient (Wildman–Crippen LogP) is 3.01. The minimum atomic E-state index is -5.08. The van der Waals surface area contributed by atoms with Gasteiger partial charge in [0.15, 0.2) is 0 Å². The molecular formula is C22H21F3N4O5S2. The zero-order chi connectivity index (χ0) is 25.9. The van der Waals surface area contributed by atoms with Gasteiger partial charge in [-0.1, -0.05) is 30.3 Å². The van der Waals surface area contributed by atoms with E-state index in [4.69, 9.17) is 14.6 Å². The van der Waals surface area contributed by atoms with Gasteiger partial charge >= 0.3 is 12.1 Å². The van der Waals surface area contributed by atoms with Crippen molar-refractivity contribution in [3.05, 3.63) is 70.8 Å². The molecule has 14 heteroatoms. The van der Waals surface area contributed by atoms with Crippen LogP contribution in [0.3, 0.4) is 0 Å². The molecule has 9 nitrogen and oxygen atoms in total. The third kappa shape index (κ3) is 5.83. The van der Waals surface area contributed by atoms with Crippen molar-refractivity contribution in [3.8, 4) is 5.88 Å². The second-order valence-corrected chi connectivity index (χ2v) is 10.8. The van der Waals surface area contributed by atoms with E-state index in [0.29, 0.717) is 26.2 Å². The van der Waals surface area contributed by atoms with E-state index < -0.39 is 22.2 Å². The largest absolute Gasteiger partial charge is 0.490 e. The molecule has 5 rings (SSSR count). The number of likely N-dealkylation sites (tertiary alicyclic amines) is 1. The Morgan fingerprint density at radius 3 is 2.44 bits per heavy atom. The van der Waals surface area contributed by atoms with Gasteiger partial charge in [0, 0.05) is 37.4 Å². The van der Waals surface area contributed by atoms with Crippen LogP contribution >= 0.6 is 11.3 Å². The fourth-order valence-electron chi connectivity index (χ4n) is 3.95. The van der Waals surface area contributed by atoms with Gasteiger partial charge in [0.2, 0.25) is 15.9 Å². The van der Waals surface area contributed by atoms with Crippen LogP contribution in [0.15, 0.2) is 65.1 Å². The fraction of sp³-hybridized carbons (Fsp3) is 0.318. The van der Waals surface area contributed by atoms with Gasteiger partial charge in [-0.15, -0.1) is 11.3 Å². The molecule has 2 unspecified atom stereocenters. The lowest BCUT2D eigenvalue weighted by molar-refractivity contribution is -0.192. The number of sulfonamides is 1. The Morgan fingerprint density at radius 2 is 1.81 bits per heavy atom. The molecule has 0 radical (unpaired) electrons. The Morgan fingerprint density at radius 1 is 1.08 bits per heavy atom. The minimum Gasteiger partial charge on any atom is -0.475 e. The molecule has 2 aliphatic heterocycles. The van der Waals surface area contributed by atoms with Crippen LogP contribution in [0.2, 0.25) is 0 Å². The Balaban J connectivity index is 0.000000384. The zero-order valence-corrected chi connectivity index (χ0v) is 20.2. The maximum Gasteiger partial charge on any atom is 0.490 e. The highest BCUT2D eigenvalue weighted by atomic mass is 32.2. The van der Waals surface area contributed by atoms with Gasteiger partial charge in [-0.25, -0.2) is 23.2 Å². The number of carboxylic acid groups (broad SMARTS) is 1. The number of hydrogen-bond donors (Lipinski definition) is 1. The summed E-state index contributed by atoms with van der Waals surface area (Å²) in [6.07, 6.45) is -2.01. The van der Waals surface area contributed by atoms with Gasteiger partial charge in [0.1, 0.15) is 16.0 Å². The monoisotopic (exact) mass is 542 g/mol. The molecular weight excluding hydrogens is 521 g/mol. The molecule has 1 N–H and O–H groups in total. The van der Waals surface area contributed by atoms with E-state index in [2.05, 4.69) is 14.9 Å². The maximum absolute atomic E-state index is 13.6. The van der Waals surface area contributed by atoms with Gasteiger partial charge in [0.25, 0.3) is 0 Å². The number of ether oxygens (including phenoxy) is 1. The quantitative estimate of drug-likeness (QED) is 0.536. The van der Waals surface area contributed by atoms with E-state index in [-0.39, 0.29) is 22.9 Å². The zero-order valence-electron chi connectivity index (χ0n) is 18.6. The number of hydrogen-bond acceptors (Lipinski definition) is 8. The van der Waals surface area contributed by atoms with Crippen LogP contribution in [-0.4, -0.2) is 70.1 Å². The van der Waals surface area contributed by atoms with E-state index >= 15 is 0 Å². The summed E-state index contributed by atoms with van der Waals surface area (Å²) in [5, 5.41) is 10.1. The van der Waals surface area contributed by atoms with Crippen molar-refractivity contribution < 1.29 is 36.2 Å². The Bertz CT molecular complexity index is 1290. The van der Waals surface area contributed by atoms with Crippen LogP contribution in [0, 0.1) is 0 Å². The van der Waals surface area contributed by atoms with Crippen LogP contribution < -0.4 is 4.74 Å². The van der Waals surface area contributed by atoms with Gasteiger partial charge in [-0.05, 0) is 17.7 Å². The van der Waals surface area contributed by atoms with E-state index in [0.717, 1.165) is 10.6 Å². The van der Waals surface area contributed by atoms with Crippen LogP contribution in [0.4, 0.5) is 13.2 Å². The molecule has 0 amide bonds. The van der Waals surface area contributed by atoms with Crippen molar-refractivity contribution in [2.45, 2.75) is 36.3 Å². The fourth-order valence-corrected chi connectivity index (χ4v) is 6.31. The summed E-state index contributed by atoms with van der Waals surface area (Å²) in [5.74, 6) is -2.57. The molecule has 1 fully saturated rings. The topological polar surface area (TPSA) is 113 Å². The van der Waals surface area contributed by atoms with Gasteiger partial charge < -0.3 is 9.84 Å². The lowest BCUT2D eigenvalue weighted by Gasteiger charge is -2.28. The second kappa shape index (κ2) is 10.5. The summed E-state index contributed by atoms with van der Waals surface area (Å²) in [6.45, 7) is 2.20. The van der Waals surface area contributed by atoms with Gasteiger partial charge in [-0.3, -0.25) is 4.90 Å². The van der Waals surface area contributed by atoms with Gasteiger partial charge in [-0.2, -0.15) is 17.5 Å². The molecule has 0 saturated carbocycles. The number of pyridine rings is 1. The molecule has 0 spiro atoms. The number of benzene rings is 1. The van der Waals surface area contributed by atoms with E-state index in [1.165, 1.54) is 0 Å². The SMILES string of the molecule is O=C(O)C(F)(F)F.O=S1(=O)c2cccnc2OC2CN(Cc3nccs3)CC2N1Cc1ccccc1.